The van der Waals surface area contributed by atoms with E-state index in [0.29, 0.717) is 10.6 Å². The minimum Gasteiger partial charge on any atom is -0.299 e. The molecule has 2 heterocycles. The van der Waals surface area contributed by atoms with E-state index in [2.05, 4.69) is 9.97 Å². The van der Waals surface area contributed by atoms with Crippen LogP contribution in [0.15, 0.2) is 64.9 Å². The van der Waals surface area contributed by atoms with E-state index in [-0.39, 0.29) is 29.1 Å². The maximum Gasteiger partial charge on any atom is 0.408 e. The minimum atomic E-state index is -4.84. The molecule has 6 nitrogen and oxygen atoms in total. The molecule has 0 bridgehead atoms. The summed E-state index contributed by atoms with van der Waals surface area (Å²) in [7, 11) is -4.53. The van der Waals surface area contributed by atoms with E-state index in [4.69, 9.17) is 0 Å². The number of hydrogen-bond donors (Lipinski definition) is 1. The molecule has 0 fully saturated rings. The van der Waals surface area contributed by atoms with Crippen LogP contribution in [0.3, 0.4) is 0 Å². The smallest absolute Gasteiger partial charge is 0.299 e. The molecule has 2 aromatic heterocycles. The number of hydrogen-bond acceptors (Lipinski definition) is 7. The Morgan fingerprint density at radius 2 is 1.76 bits per heavy atom. The SMILES string of the molecule is Cc1nc(C)c(-c2csc(CC(=O)Cc3cccc(S(=O)(=O)N[C@H](c4ccccc4)C(F)(F)F)c3)n2)s1. The molecule has 1 atom stereocenters. The summed E-state index contributed by atoms with van der Waals surface area (Å²) in [6.07, 6.45) is -4.87. The number of halogens is 3. The van der Waals surface area contributed by atoms with Crippen molar-refractivity contribution in [1.29, 1.82) is 0 Å². The van der Waals surface area contributed by atoms with Gasteiger partial charge in [0, 0.05) is 11.8 Å². The summed E-state index contributed by atoms with van der Waals surface area (Å²) in [6.45, 7) is 3.81. The van der Waals surface area contributed by atoms with Gasteiger partial charge in [0.2, 0.25) is 10.0 Å². The number of Topliss-reactive ketones (excluding diaryl/α,β-unsaturated/α-hetero) is 1. The Kier molecular flexibility index (Phi) is 7.93. The molecule has 2 aromatic carbocycles. The van der Waals surface area contributed by atoms with Crippen molar-refractivity contribution < 1.29 is 26.4 Å². The first-order valence-corrected chi connectivity index (χ1v) is 14.2. The normalized spacial score (nSPS) is 13.0. The highest BCUT2D eigenvalue weighted by molar-refractivity contribution is 7.89. The van der Waals surface area contributed by atoms with Crippen LogP contribution in [0.5, 0.6) is 0 Å². The van der Waals surface area contributed by atoms with Crippen molar-refractivity contribution in [3.05, 3.63) is 86.8 Å². The highest BCUT2D eigenvalue weighted by Gasteiger charge is 2.43. The lowest BCUT2D eigenvalue weighted by atomic mass is 10.1. The molecule has 4 rings (SSSR count). The summed E-state index contributed by atoms with van der Waals surface area (Å²) in [5.74, 6) is -0.196. The van der Waals surface area contributed by atoms with Gasteiger partial charge in [0.15, 0.2) is 0 Å². The summed E-state index contributed by atoms with van der Waals surface area (Å²) >= 11 is 2.88. The van der Waals surface area contributed by atoms with Crippen molar-refractivity contribution in [2.75, 3.05) is 0 Å². The Labute approximate surface area is 220 Å². The fourth-order valence-corrected chi connectivity index (χ4v) is 6.79. The van der Waals surface area contributed by atoms with Gasteiger partial charge in [-0.2, -0.15) is 17.9 Å². The summed E-state index contributed by atoms with van der Waals surface area (Å²) < 4.78 is 68.5. The fourth-order valence-electron chi connectivity index (χ4n) is 3.74. The zero-order chi connectivity index (χ0) is 26.8. The number of aryl methyl sites for hydroxylation is 2. The van der Waals surface area contributed by atoms with Crippen molar-refractivity contribution in [3.8, 4) is 10.6 Å². The number of ketones is 1. The van der Waals surface area contributed by atoms with Gasteiger partial charge in [-0.3, -0.25) is 4.79 Å². The monoisotopic (exact) mass is 565 g/mol. The molecule has 194 valence electrons. The number of carbonyl (C=O) groups is 1. The van der Waals surface area contributed by atoms with Gasteiger partial charge in [-0.15, -0.1) is 22.7 Å². The second kappa shape index (κ2) is 10.8. The molecule has 0 aliphatic carbocycles. The molecule has 0 spiro atoms. The van der Waals surface area contributed by atoms with Gasteiger partial charge < -0.3 is 0 Å². The van der Waals surface area contributed by atoms with E-state index < -0.39 is 22.2 Å². The quantitative estimate of drug-likeness (QED) is 0.276. The summed E-state index contributed by atoms with van der Waals surface area (Å²) in [4.78, 5) is 22.2. The molecule has 0 aliphatic rings. The number of nitrogens with zero attached hydrogens (tertiary/aromatic N) is 2. The predicted octanol–water partition coefficient (Wildman–Crippen LogP) is 5.82. The van der Waals surface area contributed by atoms with Crippen LogP contribution in [0.1, 0.15) is 32.9 Å². The van der Waals surface area contributed by atoms with Crippen LogP contribution in [0, 0.1) is 13.8 Å². The first-order valence-electron chi connectivity index (χ1n) is 11.1. The van der Waals surface area contributed by atoms with Crippen LogP contribution in [0.4, 0.5) is 13.2 Å². The predicted molar refractivity (Wildman–Crippen MR) is 137 cm³/mol. The number of aromatic nitrogens is 2. The highest BCUT2D eigenvalue weighted by atomic mass is 32.2. The van der Waals surface area contributed by atoms with Crippen molar-refractivity contribution >= 4 is 38.5 Å². The lowest BCUT2D eigenvalue weighted by molar-refractivity contribution is -0.153. The number of sulfonamides is 1. The maximum atomic E-state index is 13.7. The summed E-state index contributed by atoms with van der Waals surface area (Å²) in [5, 5.41) is 3.41. The van der Waals surface area contributed by atoms with E-state index in [0.717, 1.165) is 21.3 Å². The van der Waals surface area contributed by atoms with E-state index >= 15 is 0 Å². The number of carbonyl (C=O) groups excluding carboxylic acids is 1. The molecule has 37 heavy (non-hydrogen) atoms. The third kappa shape index (κ3) is 6.69. The van der Waals surface area contributed by atoms with E-state index in [9.17, 15) is 26.4 Å². The van der Waals surface area contributed by atoms with Gasteiger partial charge in [-0.05, 0) is 37.1 Å². The highest BCUT2D eigenvalue weighted by Crippen LogP contribution is 2.34. The summed E-state index contributed by atoms with van der Waals surface area (Å²) in [6, 6.07) is 9.73. The second-order valence-electron chi connectivity index (χ2n) is 8.32. The molecule has 0 aliphatic heterocycles. The minimum absolute atomic E-state index is 0.0564. The molecule has 0 amide bonds. The number of benzene rings is 2. The number of nitrogens with one attached hydrogen (secondary N) is 1. The van der Waals surface area contributed by atoms with Gasteiger partial charge in [0.1, 0.15) is 16.8 Å². The average molecular weight is 566 g/mol. The fraction of sp³-hybridized carbons (Fsp3) is 0.240. The molecule has 1 N–H and O–H groups in total. The zero-order valence-electron chi connectivity index (χ0n) is 19.7. The first-order chi connectivity index (χ1) is 17.4. The Morgan fingerprint density at radius 1 is 1.03 bits per heavy atom. The van der Waals surface area contributed by atoms with Crippen molar-refractivity contribution in [1.82, 2.24) is 14.7 Å². The van der Waals surface area contributed by atoms with Crippen molar-refractivity contribution in [2.24, 2.45) is 0 Å². The molecule has 12 heteroatoms. The van der Waals surface area contributed by atoms with E-state index in [1.807, 2.05) is 19.2 Å². The van der Waals surface area contributed by atoms with Crippen LogP contribution < -0.4 is 4.72 Å². The van der Waals surface area contributed by atoms with Crippen LogP contribution in [0.25, 0.3) is 10.6 Å². The molecular formula is C25H22F3N3O3S3. The Morgan fingerprint density at radius 3 is 2.41 bits per heavy atom. The number of rotatable bonds is 9. The van der Waals surface area contributed by atoms with Crippen molar-refractivity contribution in [2.45, 2.75) is 43.8 Å². The summed E-state index contributed by atoms with van der Waals surface area (Å²) in [5.41, 5.74) is 1.78. The van der Waals surface area contributed by atoms with Gasteiger partial charge in [-0.25, -0.2) is 18.4 Å². The second-order valence-corrected chi connectivity index (χ2v) is 12.2. The molecule has 0 saturated heterocycles. The lowest BCUT2D eigenvalue weighted by Gasteiger charge is -2.22. The molecular weight excluding hydrogens is 543 g/mol. The van der Waals surface area contributed by atoms with Crippen LogP contribution in [-0.2, 0) is 27.7 Å². The molecule has 0 saturated carbocycles. The molecule has 0 unspecified atom stereocenters. The van der Waals surface area contributed by atoms with Gasteiger partial charge in [0.05, 0.1) is 32.6 Å². The molecule has 0 radical (unpaired) electrons. The van der Waals surface area contributed by atoms with Crippen molar-refractivity contribution in [3.63, 3.8) is 0 Å². The zero-order valence-corrected chi connectivity index (χ0v) is 22.2. The van der Waals surface area contributed by atoms with E-state index in [1.165, 1.54) is 65.1 Å². The van der Waals surface area contributed by atoms with Gasteiger partial charge >= 0.3 is 6.18 Å². The lowest BCUT2D eigenvalue weighted by Crippen LogP contribution is -2.38. The Balaban J connectivity index is 1.47. The van der Waals surface area contributed by atoms with E-state index in [1.54, 1.807) is 16.9 Å². The third-order valence-corrected chi connectivity index (χ3v) is 8.74. The topological polar surface area (TPSA) is 89.0 Å². The Hall–Kier alpha value is -2.93. The number of thiazole rings is 2. The third-order valence-electron chi connectivity index (χ3n) is 5.38. The van der Waals surface area contributed by atoms with Gasteiger partial charge in [0.25, 0.3) is 0 Å². The largest absolute Gasteiger partial charge is 0.408 e. The maximum absolute atomic E-state index is 13.7. The van der Waals surface area contributed by atoms with Crippen LogP contribution in [-0.4, -0.2) is 30.3 Å². The molecule has 4 aromatic rings. The first kappa shape index (κ1) is 27.1. The van der Waals surface area contributed by atoms with Crippen LogP contribution >= 0.6 is 22.7 Å². The van der Waals surface area contributed by atoms with Crippen LogP contribution in [0.2, 0.25) is 0 Å². The van der Waals surface area contributed by atoms with Gasteiger partial charge in [-0.1, -0.05) is 42.5 Å². The average Bonchev–Trinajstić information content (AvgIpc) is 3.42. The standard InChI is InChI=1S/C25H22F3N3O3S3/c1-15-23(36-16(2)29-15)21-14-35-22(30-21)13-19(32)11-17-7-6-10-20(12-17)37(33,34)31-24(25(26,27)28)18-8-4-3-5-9-18/h3-10,12,14,24,31H,11,13H2,1-2H3/t24-/m1/s1. The number of alkyl halides is 3. The Bertz CT molecular complexity index is 1510.